The highest BCUT2D eigenvalue weighted by Crippen LogP contribution is 2.14. The summed E-state index contributed by atoms with van der Waals surface area (Å²) in [6, 6.07) is -12.2. The van der Waals surface area contributed by atoms with E-state index >= 15 is 0 Å². The molecule has 1 heterocycles. The second kappa shape index (κ2) is 43.3. The average molecular weight is 1280 g/mol. The van der Waals surface area contributed by atoms with E-state index in [9.17, 15) is 72.5 Å². The summed E-state index contributed by atoms with van der Waals surface area (Å²) < 4.78 is 0. The molecule has 0 aromatic carbocycles. The normalized spacial score (nSPS) is 14.6. The van der Waals surface area contributed by atoms with Crippen molar-refractivity contribution in [1.82, 2.24) is 63.2 Å². The van der Waals surface area contributed by atoms with Crippen LogP contribution in [0.3, 0.4) is 0 Å². The van der Waals surface area contributed by atoms with Gasteiger partial charge < -0.3 is 80.2 Å². The Labute approximate surface area is 523 Å². The molecule has 22 N–H and O–H groups in total. The summed E-state index contributed by atoms with van der Waals surface area (Å²) in [5, 5.41) is 51.2. The first kappa shape index (κ1) is 79.6. The molecular formula is C56H97N17O15S. The maximum atomic E-state index is 14.1. The topological polar surface area (TPSA) is 539 Å². The van der Waals surface area contributed by atoms with Gasteiger partial charge in [-0.15, -0.1) is 0 Å². The highest BCUT2D eigenvalue weighted by Gasteiger charge is 2.38. The number of H-pyrrole nitrogens is 1. The third kappa shape index (κ3) is 32.6. The third-order valence-corrected chi connectivity index (χ3v) is 14.4. The van der Waals surface area contributed by atoms with E-state index in [1.165, 1.54) is 31.2 Å². The van der Waals surface area contributed by atoms with Crippen LogP contribution in [-0.2, 0) is 68.7 Å². The van der Waals surface area contributed by atoms with E-state index in [0.717, 1.165) is 0 Å². The van der Waals surface area contributed by atoms with E-state index in [0.29, 0.717) is 37.1 Å². The van der Waals surface area contributed by atoms with Gasteiger partial charge in [-0.1, -0.05) is 47.5 Å². The van der Waals surface area contributed by atoms with Gasteiger partial charge in [0.05, 0.1) is 43.0 Å². The number of guanidine groups is 1. The summed E-state index contributed by atoms with van der Waals surface area (Å²) in [5.41, 5.74) is 18.9. The fourth-order valence-corrected chi connectivity index (χ4v) is 9.61. The first-order valence-corrected chi connectivity index (χ1v) is 31.3. The highest BCUT2D eigenvalue weighted by molar-refractivity contribution is 7.98. The van der Waals surface area contributed by atoms with Crippen LogP contribution < -0.4 is 76.3 Å². The predicted molar refractivity (Wildman–Crippen MR) is 329 cm³/mol. The van der Waals surface area contributed by atoms with Crippen LogP contribution in [0.15, 0.2) is 12.5 Å². The van der Waals surface area contributed by atoms with Crippen LogP contribution in [0.25, 0.3) is 0 Å². The molecule has 0 saturated heterocycles. The summed E-state index contributed by atoms with van der Waals surface area (Å²) in [5.74, 6) is -6.56. The number of likely N-dealkylation sites (N-methyl/N-ethyl adjacent to an activating group) is 1. The minimum Gasteiger partial charge on any atom is -0.481 e. The number of unbranched alkanes of at least 4 members (excludes halogenated alkanes) is 3. The van der Waals surface area contributed by atoms with Crippen molar-refractivity contribution in [2.45, 2.75) is 205 Å². The fraction of sp³-hybridized carbons (Fsp3) is 0.696. The number of amides is 8. The van der Waals surface area contributed by atoms with Gasteiger partial charge in [-0.3, -0.25) is 73.6 Å². The van der Waals surface area contributed by atoms with Gasteiger partial charge in [-0.05, 0) is 102 Å². The number of carboxylic acids is 1. The van der Waals surface area contributed by atoms with Crippen molar-refractivity contribution in [3.8, 4) is 0 Å². The number of aliphatic hydroxyl groups is 1. The largest absolute Gasteiger partial charge is 0.481 e. The molecule has 1 rings (SSSR count). The molecule has 1 aromatic heterocycles. The zero-order valence-corrected chi connectivity index (χ0v) is 52.9. The molecule has 10 atom stereocenters. The summed E-state index contributed by atoms with van der Waals surface area (Å²) in [6.45, 7) is 10.8. The second-order valence-corrected chi connectivity index (χ2v) is 23.4. The van der Waals surface area contributed by atoms with Gasteiger partial charge in [0, 0.05) is 44.1 Å². The Morgan fingerprint density at radius 3 is 1.66 bits per heavy atom. The van der Waals surface area contributed by atoms with Crippen LogP contribution in [0.4, 0.5) is 0 Å². The molecule has 8 amide bonds. The Hall–Kier alpha value is -7.46. The number of hydrogen-bond acceptors (Lipinski definition) is 21. The number of aliphatic carboxylic acids is 1. The molecule has 89 heavy (non-hydrogen) atoms. The van der Waals surface area contributed by atoms with Crippen molar-refractivity contribution in [2.24, 2.45) is 34.9 Å². The lowest BCUT2D eigenvalue weighted by atomic mass is 9.93. The Bertz CT molecular complexity index is 2500. The van der Waals surface area contributed by atoms with Gasteiger partial charge in [0.2, 0.25) is 70.4 Å². The molecule has 502 valence electrons. The number of nitrogens with one attached hydrogen (secondary N) is 12. The number of ketones is 4. The molecule has 0 bridgehead atoms. The molecular weight excluding hydrogens is 1180 g/mol. The van der Waals surface area contributed by atoms with Crippen molar-refractivity contribution >= 4 is 94.1 Å². The predicted octanol–water partition coefficient (Wildman–Crippen LogP) is -3.65. The van der Waals surface area contributed by atoms with Gasteiger partial charge in [-0.25, -0.2) is 10.4 Å². The number of aliphatic hydroxyl groups excluding tert-OH is 1. The second-order valence-electron chi connectivity index (χ2n) is 22.5. The number of nitrogens with two attached hydrogens (primary N) is 4. The van der Waals surface area contributed by atoms with E-state index in [2.05, 4.69) is 63.2 Å². The lowest BCUT2D eigenvalue weighted by molar-refractivity contribution is -0.141. The van der Waals surface area contributed by atoms with E-state index in [-0.39, 0.29) is 95.2 Å². The number of aromatic amines is 1. The molecule has 0 spiro atoms. The first-order valence-electron chi connectivity index (χ1n) is 29.9. The van der Waals surface area contributed by atoms with E-state index in [1.54, 1.807) is 13.2 Å². The lowest BCUT2D eigenvalue weighted by Crippen LogP contribution is -2.59. The molecule has 0 fully saturated rings. The summed E-state index contributed by atoms with van der Waals surface area (Å²) in [4.78, 5) is 179. The molecule has 32 nitrogen and oxygen atoms in total. The van der Waals surface area contributed by atoms with Crippen LogP contribution in [0.2, 0.25) is 0 Å². The standard InChI is InChI=1S/C56H97N17O15S/c1-8-63-34(16-18-42(57)75)47(80)48(81)35(20-23-89-7)67-51(84)36(14-13-22-65-56(59)60)68-52(85)37(17-19-45(78)79)69-55(88)46(32(6)74)72-44(77)15-11-9-10-12-21-64-38(24-30(2)3)49(82)50(83)39(26-33-28-62-29-66-33)70-53(86)40(27-43(58)76)71-54(87)41(73-61)25-31(4)5/h28-32,34-41,46,63-64,73-74H,8-27,61H2,1-7H3,(H2,57,75)(H2,58,76)(H,62,66)(H,67,84)(H,68,85)(H,69,88)(H,70,86)(H,71,87)(H,72,77)(H,78,79)(H4,59,60,65)/t32-,34+,35?,36+,37?,38+,39+,40?,41+,46+/m1/s1. The zero-order valence-electron chi connectivity index (χ0n) is 52.1. The van der Waals surface area contributed by atoms with Crippen LogP contribution in [0, 0.1) is 17.2 Å². The van der Waals surface area contributed by atoms with Crippen molar-refractivity contribution in [1.29, 1.82) is 5.41 Å². The number of nitrogens with zero attached hydrogens (tertiary/aromatic N) is 1. The van der Waals surface area contributed by atoms with Gasteiger partial charge in [-0.2, -0.15) is 11.8 Å². The number of carbonyl (C=O) groups excluding carboxylic acids is 12. The number of thioether (sulfide) groups is 1. The number of imidazole rings is 1. The molecule has 33 heteroatoms. The van der Waals surface area contributed by atoms with E-state index in [1.807, 2.05) is 27.7 Å². The van der Waals surface area contributed by atoms with Crippen LogP contribution >= 0.6 is 11.8 Å². The fourth-order valence-electron chi connectivity index (χ4n) is 9.14. The quantitative estimate of drug-likeness (QED) is 0.00747. The Morgan fingerprint density at radius 2 is 1.11 bits per heavy atom. The van der Waals surface area contributed by atoms with Crippen LogP contribution in [-0.4, -0.2) is 195 Å². The van der Waals surface area contributed by atoms with Gasteiger partial charge >= 0.3 is 5.97 Å². The molecule has 0 radical (unpaired) electrons. The molecule has 3 unspecified atom stereocenters. The molecule has 0 aliphatic carbocycles. The average Bonchev–Trinajstić information content (AvgIpc) is 3.54. The van der Waals surface area contributed by atoms with Gasteiger partial charge in [0.25, 0.3) is 0 Å². The summed E-state index contributed by atoms with van der Waals surface area (Å²) in [7, 11) is 0. The zero-order chi connectivity index (χ0) is 67.3. The minimum absolute atomic E-state index is 0.0145. The van der Waals surface area contributed by atoms with Crippen molar-refractivity contribution < 1.29 is 72.5 Å². The number of carboxylic acid groups (broad SMARTS) is 1. The monoisotopic (exact) mass is 1280 g/mol. The highest BCUT2D eigenvalue weighted by atomic mass is 32.2. The van der Waals surface area contributed by atoms with Gasteiger partial charge in [0.1, 0.15) is 30.2 Å². The number of rotatable bonds is 50. The van der Waals surface area contributed by atoms with E-state index < -0.39 is 156 Å². The maximum Gasteiger partial charge on any atom is 0.303 e. The SMILES string of the molecule is CCN[C@@H](CCC(N)=O)C(=O)C(=O)C(CCSC)NC(=O)[C@H](CCCNC(=N)N)NC(=O)C(CCC(=O)O)NC(=O)[C@@H](NC(=O)CCCCCCN[C@@H](CC(C)C)C(=O)C(=O)[C@H](Cc1cnc[nH]1)NC(=O)C(CC(N)=O)NC(=O)[C@H](CC(C)C)NN)[C@@H](C)O. The van der Waals surface area contributed by atoms with Crippen LogP contribution in [0.5, 0.6) is 0 Å². The van der Waals surface area contributed by atoms with E-state index in [4.69, 9.17) is 28.5 Å². The number of aromatic nitrogens is 2. The number of hydrazine groups is 1. The lowest BCUT2D eigenvalue weighted by Gasteiger charge is -2.27. The minimum atomic E-state index is -1.66. The molecule has 0 aliphatic heterocycles. The van der Waals surface area contributed by atoms with Gasteiger partial charge in [0.15, 0.2) is 5.96 Å². The Balaban J connectivity index is 3.17. The van der Waals surface area contributed by atoms with Crippen LogP contribution in [0.1, 0.15) is 144 Å². The summed E-state index contributed by atoms with van der Waals surface area (Å²) in [6.07, 6.45) is 2.71. The number of primary amides is 2. The number of carbonyl (C=O) groups is 13. The van der Waals surface area contributed by atoms with Crippen molar-refractivity contribution in [3.05, 3.63) is 18.2 Å². The Morgan fingerprint density at radius 1 is 0.584 bits per heavy atom. The first-order chi connectivity index (χ1) is 41.9. The Kier molecular flexibility index (Phi) is 38.7. The number of hydrogen-bond donors (Lipinski definition) is 18. The third-order valence-electron chi connectivity index (χ3n) is 13.8. The summed E-state index contributed by atoms with van der Waals surface area (Å²) >= 11 is 1.32. The van der Waals surface area contributed by atoms with Crippen molar-refractivity contribution in [3.63, 3.8) is 0 Å². The number of Topliss-reactive ketones (excluding diaryl/α,β-unsaturated/α-hetero) is 4. The molecule has 1 aromatic rings. The smallest absolute Gasteiger partial charge is 0.303 e. The molecule has 0 saturated carbocycles. The molecule has 0 aliphatic rings. The maximum absolute atomic E-state index is 14.1. The van der Waals surface area contributed by atoms with Crippen molar-refractivity contribution in [2.75, 3.05) is 31.6 Å².